The number of nitrogens with zero attached hydrogens (tertiary/aromatic N) is 4. The van der Waals surface area contributed by atoms with Gasteiger partial charge in [0.2, 0.25) is 0 Å². The molecule has 0 N–H and O–H groups in total. The third-order valence-electron chi connectivity index (χ3n) is 4.57. The number of halogens is 1. The number of amides is 2. The first-order valence-corrected chi connectivity index (χ1v) is 8.12. The van der Waals surface area contributed by atoms with E-state index in [9.17, 15) is 9.18 Å². The number of carbonyl (C=O) groups is 1. The van der Waals surface area contributed by atoms with E-state index in [1.165, 1.54) is 6.07 Å². The number of ether oxygens (including phenoxy) is 1. The molecule has 3 heterocycles. The average Bonchev–Trinajstić information content (AvgIpc) is 2.62. The summed E-state index contributed by atoms with van der Waals surface area (Å²) in [6, 6.07) is 3.12. The molecule has 1 atom stereocenters. The lowest BCUT2D eigenvalue weighted by Gasteiger charge is -2.40. The summed E-state index contributed by atoms with van der Waals surface area (Å²) in [5.74, 6) is 0.0692. The molecular weight excluding hydrogens is 299 g/mol. The van der Waals surface area contributed by atoms with Crippen molar-refractivity contribution in [2.75, 3.05) is 51.3 Å². The van der Waals surface area contributed by atoms with Crippen LogP contribution in [0.5, 0.6) is 0 Å². The van der Waals surface area contributed by atoms with E-state index in [1.54, 1.807) is 17.2 Å². The molecule has 0 spiro atoms. The van der Waals surface area contributed by atoms with E-state index < -0.39 is 0 Å². The minimum atomic E-state index is -0.310. The fourth-order valence-corrected chi connectivity index (χ4v) is 3.21. The zero-order chi connectivity index (χ0) is 16.2. The van der Waals surface area contributed by atoms with E-state index in [4.69, 9.17) is 4.74 Å². The second-order valence-corrected chi connectivity index (χ2v) is 6.04. The molecule has 1 aromatic rings. The molecule has 0 bridgehead atoms. The van der Waals surface area contributed by atoms with Crippen LogP contribution in [0, 0.1) is 5.82 Å². The van der Waals surface area contributed by atoms with Crippen molar-refractivity contribution in [3.05, 3.63) is 24.1 Å². The molecule has 2 amide bonds. The standard InChI is InChI=1S/C16H23FN4O2/c1-19(16(22)20-8-10-23-11-9-20)13-4-3-7-21(12-13)15-14(17)5-2-6-18-15/h2,5-6,13H,3-4,7-12H2,1H3. The van der Waals surface area contributed by atoms with Crippen molar-refractivity contribution in [2.24, 2.45) is 0 Å². The Hall–Kier alpha value is -1.89. The molecule has 2 aliphatic rings. The Morgan fingerprint density at radius 3 is 2.91 bits per heavy atom. The van der Waals surface area contributed by atoms with Crippen molar-refractivity contribution in [1.82, 2.24) is 14.8 Å². The largest absolute Gasteiger partial charge is 0.378 e. The topological polar surface area (TPSA) is 48.9 Å². The molecule has 1 aromatic heterocycles. The van der Waals surface area contributed by atoms with Crippen LogP contribution < -0.4 is 4.90 Å². The highest BCUT2D eigenvalue weighted by atomic mass is 19.1. The van der Waals surface area contributed by atoms with Crippen molar-refractivity contribution >= 4 is 11.8 Å². The minimum Gasteiger partial charge on any atom is -0.378 e. The van der Waals surface area contributed by atoms with Crippen LogP contribution in [-0.2, 0) is 4.74 Å². The number of hydrogen-bond acceptors (Lipinski definition) is 4. The van der Waals surface area contributed by atoms with Crippen LogP contribution in [0.1, 0.15) is 12.8 Å². The molecule has 2 aliphatic heterocycles. The molecule has 0 aromatic carbocycles. The van der Waals surface area contributed by atoms with Gasteiger partial charge in [-0.1, -0.05) is 0 Å². The quantitative estimate of drug-likeness (QED) is 0.829. The summed E-state index contributed by atoms with van der Waals surface area (Å²) in [5.41, 5.74) is 0. The second-order valence-electron chi connectivity index (χ2n) is 6.04. The normalized spacial score (nSPS) is 22.1. The molecule has 7 heteroatoms. The minimum absolute atomic E-state index is 0.0293. The summed E-state index contributed by atoms with van der Waals surface area (Å²) in [6.07, 6.45) is 3.45. The Morgan fingerprint density at radius 1 is 1.39 bits per heavy atom. The van der Waals surface area contributed by atoms with E-state index >= 15 is 0 Å². The number of rotatable bonds is 2. The first-order valence-electron chi connectivity index (χ1n) is 8.12. The van der Waals surface area contributed by atoms with Crippen LogP contribution in [0.25, 0.3) is 0 Å². The summed E-state index contributed by atoms with van der Waals surface area (Å²) >= 11 is 0. The van der Waals surface area contributed by atoms with Gasteiger partial charge < -0.3 is 19.4 Å². The van der Waals surface area contributed by atoms with Gasteiger partial charge in [-0.05, 0) is 25.0 Å². The summed E-state index contributed by atoms with van der Waals surface area (Å²) in [4.78, 5) is 22.3. The van der Waals surface area contributed by atoms with Gasteiger partial charge in [-0.2, -0.15) is 0 Å². The Balaban J connectivity index is 1.65. The number of likely N-dealkylation sites (N-methyl/N-ethyl adjacent to an activating group) is 1. The first-order chi connectivity index (χ1) is 11.2. The SMILES string of the molecule is CN(C(=O)N1CCOCC1)C1CCCN(c2ncccc2F)C1. The van der Waals surface area contributed by atoms with Gasteiger partial charge in [0.25, 0.3) is 0 Å². The van der Waals surface area contributed by atoms with Crippen molar-refractivity contribution in [3.8, 4) is 0 Å². The maximum atomic E-state index is 13.9. The number of carbonyl (C=O) groups excluding carboxylic acids is 1. The summed E-state index contributed by atoms with van der Waals surface area (Å²) < 4.78 is 19.2. The van der Waals surface area contributed by atoms with Crippen molar-refractivity contribution in [3.63, 3.8) is 0 Å². The predicted molar refractivity (Wildman–Crippen MR) is 85.0 cm³/mol. The average molecular weight is 322 g/mol. The molecule has 1 unspecified atom stereocenters. The maximum absolute atomic E-state index is 13.9. The van der Waals surface area contributed by atoms with Crippen LogP contribution in [0.3, 0.4) is 0 Å². The number of hydrogen-bond donors (Lipinski definition) is 0. The third kappa shape index (κ3) is 3.55. The van der Waals surface area contributed by atoms with Gasteiger partial charge in [0.1, 0.15) is 0 Å². The zero-order valence-corrected chi connectivity index (χ0v) is 13.4. The van der Waals surface area contributed by atoms with Gasteiger partial charge in [0, 0.05) is 39.4 Å². The number of piperidine rings is 1. The Labute approximate surface area is 135 Å². The Bertz CT molecular complexity index is 551. The molecule has 0 saturated carbocycles. The van der Waals surface area contributed by atoms with Crippen LogP contribution in [0.2, 0.25) is 0 Å². The molecule has 126 valence electrons. The maximum Gasteiger partial charge on any atom is 0.320 e. The van der Waals surface area contributed by atoms with E-state index in [0.717, 1.165) is 19.4 Å². The lowest BCUT2D eigenvalue weighted by atomic mass is 10.0. The van der Waals surface area contributed by atoms with Gasteiger partial charge in [-0.25, -0.2) is 14.2 Å². The van der Waals surface area contributed by atoms with E-state index in [-0.39, 0.29) is 17.9 Å². The van der Waals surface area contributed by atoms with Gasteiger partial charge in [-0.3, -0.25) is 0 Å². The van der Waals surface area contributed by atoms with Gasteiger partial charge in [0.15, 0.2) is 11.6 Å². The summed E-state index contributed by atoms with van der Waals surface area (Å²) in [6.45, 7) is 3.83. The molecule has 0 radical (unpaired) electrons. The molecule has 2 fully saturated rings. The van der Waals surface area contributed by atoms with E-state index in [0.29, 0.717) is 38.7 Å². The van der Waals surface area contributed by atoms with Gasteiger partial charge in [0.05, 0.1) is 19.3 Å². The highest BCUT2D eigenvalue weighted by Crippen LogP contribution is 2.23. The fraction of sp³-hybridized carbons (Fsp3) is 0.625. The van der Waals surface area contributed by atoms with Crippen LogP contribution in [0.15, 0.2) is 18.3 Å². The van der Waals surface area contributed by atoms with Crippen molar-refractivity contribution < 1.29 is 13.9 Å². The molecule has 0 aliphatic carbocycles. The smallest absolute Gasteiger partial charge is 0.320 e. The third-order valence-corrected chi connectivity index (χ3v) is 4.57. The first kappa shape index (κ1) is 16.0. The summed E-state index contributed by atoms with van der Waals surface area (Å²) in [5, 5.41) is 0. The lowest BCUT2D eigenvalue weighted by Crippen LogP contribution is -2.54. The summed E-state index contributed by atoms with van der Waals surface area (Å²) in [7, 11) is 1.83. The molecule has 3 rings (SSSR count). The van der Waals surface area contributed by atoms with Crippen LogP contribution >= 0.6 is 0 Å². The monoisotopic (exact) mass is 322 g/mol. The van der Waals surface area contributed by atoms with Gasteiger partial charge in [-0.15, -0.1) is 0 Å². The Kier molecular flexibility index (Phi) is 4.95. The lowest BCUT2D eigenvalue weighted by molar-refractivity contribution is 0.0413. The molecular formula is C16H23FN4O2. The van der Waals surface area contributed by atoms with E-state index in [1.807, 2.05) is 16.8 Å². The van der Waals surface area contributed by atoms with Crippen molar-refractivity contribution in [1.29, 1.82) is 0 Å². The predicted octanol–water partition coefficient (Wildman–Crippen LogP) is 1.57. The highest BCUT2D eigenvalue weighted by Gasteiger charge is 2.30. The van der Waals surface area contributed by atoms with E-state index in [2.05, 4.69) is 4.98 Å². The highest BCUT2D eigenvalue weighted by molar-refractivity contribution is 5.74. The Morgan fingerprint density at radius 2 is 2.17 bits per heavy atom. The zero-order valence-electron chi connectivity index (χ0n) is 13.4. The number of urea groups is 1. The number of pyridine rings is 1. The molecule has 23 heavy (non-hydrogen) atoms. The second kappa shape index (κ2) is 7.12. The molecule has 6 nitrogen and oxygen atoms in total. The van der Waals surface area contributed by atoms with Crippen molar-refractivity contribution in [2.45, 2.75) is 18.9 Å². The number of anilines is 1. The van der Waals surface area contributed by atoms with Crippen LogP contribution in [0.4, 0.5) is 15.0 Å². The number of aromatic nitrogens is 1. The molecule has 2 saturated heterocycles. The van der Waals surface area contributed by atoms with Crippen LogP contribution in [-0.4, -0.2) is 73.3 Å². The van der Waals surface area contributed by atoms with Gasteiger partial charge >= 0.3 is 6.03 Å². The fourth-order valence-electron chi connectivity index (χ4n) is 3.21. The number of morpholine rings is 1.